The van der Waals surface area contributed by atoms with E-state index in [0.717, 1.165) is 16.8 Å². The first-order valence-electron chi connectivity index (χ1n) is 16.8. The zero-order valence-electron chi connectivity index (χ0n) is 30.3. The number of pyridine rings is 1. The maximum atomic E-state index is 16.5. The first-order chi connectivity index (χ1) is 24.5. The predicted molar refractivity (Wildman–Crippen MR) is 179 cm³/mol. The van der Waals surface area contributed by atoms with Crippen LogP contribution in [-0.4, -0.2) is 48.6 Å². The fourth-order valence-electron chi connectivity index (χ4n) is 6.17. The van der Waals surface area contributed by atoms with Crippen LogP contribution in [0.1, 0.15) is 85.5 Å². The van der Waals surface area contributed by atoms with E-state index in [1.54, 1.807) is 32.8 Å². The van der Waals surface area contributed by atoms with Gasteiger partial charge in [0.15, 0.2) is 0 Å². The molecule has 1 N–H and O–H groups in total. The molecule has 0 aliphatic heterocycles. The average molecular weight is 764 g/mol. The Morgan fingerprint density at radius 1 is 0.925 bits per heavy atom. The Bertz CT molecular complexity index is 1840. The van der Waals surface area contributed by atoms with Crippen molar-refractivity contribution in [2.24, 2.45) is 5.92 Å². The van der Waals surface area contributed by atoms with Gasteiger partial charge in [0, 0.05) is 29.0 Å². The second kappa shape index (κ2) is 17.2. The summed E-state index contributed by atoms with van der Waals surface area (Å²) in [4.78, 5) is 41.8. The van der Waals surface area contributed by atoms with Crippen molar-refractivity contribution in [3.8, 4) is 11.1 Å². The summed E-state index contributed by atoms with van der Waals surface area (Å²) in [6, 6.07) is -1.16. The third-order valence-corrected chi connectivity index (χ3v) is 8.44. The summed E-state index contributed by atoms with van der Waals surface area (Å²) in [5, 5.41) is 2.18. The molecule has 3 rings (SSSR count). The number of nitrogens with one attached hydrogen (secondary N) is 1. The van der Waals surface area contributed by atoms with E-state index in [4.69, 9.17) is 4.74 Å². The van der Waals surface area contributed by atoms with Crippen molar-refractivity contribution in [3.05, 3.63) is 91.6 Å². The molecule has 1 amide bonds. The van der Waals surface area contributed by atoms with Gasteiger partial charge in [-0.2, -0.15) is 26.3 Å². The van der Waals surface area contributed by atoms with Crippen molar-refractivity contribution < 1.29 is 53.8 Å². The molecule has 3 aromatic rings. The third-order valence-electron chi connectivity index (χ3n) is 8.44. The zero-order chi connectivity index (χ0) is 40.2. The lowest BCUT2D eigenvalue weighted by molar-refractivity contribution is -0.144. The molecule has 0 aliphatic rings. The van der Waals surface area contributed by atoms with Gasteiger partial charge < -0.3 is 19.5 Å². The van der Waals surface area contributed by atoms with Crippen LogP contribution in [-0.2, 0) is 33.1 Å². The number of aryl methyl sites for hydroxylation is 3. The van der Waals surface area contributed by atoms with E-state index in [9.17, 15) is 40.7 Å². The standard InChI is InChI=1S/C37H42F9N3O4/c1-8-53-30(51)17-27(32-33(39)23(15-25(34(32)40)37(44,45)46)31-21(5)13-20(4)14-26(31)38)47-35(52)28(12-19(2)3)49-18-22(10-9-11-48(6)7)24(16-29(49)50)36(41,42)43/h13-16,18-19,27-28H,8-12,17H2,1-7H3,(H,47,52)/t27-,28?/m0/s1. The molecule has 16 heteroatoms. The summed E-state index contributed by atoms with van der Waals surface area (Å²) >= 11 is 0. The largest absolute Gasteiger partial charge is 0.466 e. The van der Waals surface area contributed by atoms with Gasteiger partial charge in [0.2, 0.25) is 5.91 Å². The molecule has 0 aliphatic carbocycles. The predicted octanol–water partition coefficient (Wildman–Crippen LogP) is 8.48. The van der Waals surface area contributed by atoms with Crippen LogP contribution in [0.4, 0.5) is 39.5 Å². The summed E-state index contributed by atoms with van der Waals surface area (Å²) < 4.78 is 138. The van der Waals surface area contributed by atoms with Gasteiger partial charge in [-0.15, -0.1) is 0 Å². The Morgan fingerprint density at radius 3 is 2.08 bits per heavy atom. The summed E-state index contributed by atoms with van der Waals surface area (Å²) in [5.41, 5.74) is -7.54. The maximum Gasteiger partial charge on any atom is 0.419 e. The Hall–Kier alpha value is -4.34. The van der Waals surface area contributed by atoms with Crippen LogP contribution < -0.4 is 10.9 Å². The van der Waals surface area contributed by atoms with Crippen molar-refractivity contribution in [2.75, 3.05) is 27.2 Å². The average Bonchev–Trinajstić information content (AvgIpc) is 2.99. The highest BCUT2D eigenvalue weighted by Crippen LogP contribution is 2.42. The smallest absolute Gasteiger partial charge is 0.419 e. The monoisotopic (exact) mass is 763 g/mol. The number of ether oxygens (including phenoxy) is 1. The van der Waals surface area contributed by atoms with E-state index >= 15 is 13.2 Å². The highest BCUT2D eigenvalue weighted by molar-refractivity contribution is 5.82. The van der Waals surface area contributed by atoms with Crippen LogP contribution in [0.5, 0.6) is 0 Å². The maximum absolute atomic E-state index is 16.5. The van der Waals surface area contributed by atoms with Gasteiger partial charge in [-0.25, -0.2) is 13.2 Å². The summed E-state index contributed by atoms with van der Waals surface area (Å²) in [5.74, 6) is -7.91. The second-order valence-corrected chi connectivity index (χ2v) is 13.5. The lowest BCUT2D eigenvalue weighted by Crippen LogP contribution is -2.41. The molecule has 1 heterocycles. The quantitative estimate of drug-likeness (QED) is 0.132. The molecule has 2 atom stereocenters. The van der Waals surface area contributed by atoms with E-state index < -0.39 is 99.5 Å². The molecule has 2 aromatic carbocycles. The van der Waals surface area contributed by atoms with Crippen LogP contribution in [0.15, 0.2) is 35.3 Å². The number of aromatic nitrogens is 1. The SMILES string of the molecule is CCOC(=O)C[C@H](NC(=O)C(CC(C)C)n1cc(CCCN(C)C)c(C(F)(F)F)cc1=O)c1c(F)c(-c2c(C)cc(C)cc2F)cc(C(F)(F)F)c1F. The van der Waals surface area contributed by atoms with Crippen molar-refractivity contribution >= 4 is 11.9 Å². The molecule has 1 unspecified atom stereocenters. The van der Waals surface area contributed by atoms with E-state index in [-0.39, 0.29) is 43.1 Å². The number of rotatable bonds is 14. The van der Waals surface area contributed by atoms with E-state index in [0.29, 0.717) is 18.2 Å². The lowest BCUT2D eigenvalue weighted by atomic mass is 9.90. The van der Waals surface area contributed by atoms with Crippen molar-refractivity contribution in [1.82, 2.24) is 14.8 Å². The molecule has 0 saturated carbocycles. The number of alkyl halides is 6. The summed E-state index contributed by atoms with van der Waals surface area (Å²) in [7, 11) is 3.41. The Morgan fingerprint density at radius 2 is 1.55 bits per heavy atom. The molecule has 0 saturated heterocycles. The van der Waals surface area contributed by atoms with E-state index in [1.165, 1.54) is 26.8 Å². The molecular weight excluding hydrogens is 721 g/mol. The molecule has 292 valence electrons. The Labute approximate surface area is 301 Å². The van der Waals surface area contributed by atoms with Crippen LogP contribution in [0.2, 0.25) is 0 Å². The van der Waals surface area contributed by atoms with Crippen LogP contribution in [0.3, 0.4) is 0 Å². The number of halogens is 9. The molecule has 0 radical (unpaired) electrons. The number of carbonyl (C=O) groups is 2. The topological polar surface area (TPSA) is 80.6 Å². The van der Waals surface area contributed by atoms with Gasteiger partial charge in [-0.3, -0.25) is 14.4 Å². The van der Waals surface area contributed by atoms with Crippen molar-refractivity contribution in [3.63, 3.8) is 0 Å². The van der Waals surface area contributed by atoms with Crippen molar-refractivity contribution in [2.45, 2.75) is 84.7 Å². The third kappa shape index (κ3) is 10.6. The van der Waals surface area contributed by atoms with Gasteiger partial charge in [0.25, 0.3) is 5.56 Å². The normalized spacial score (nSPS) is 13.4. The number of amides is 1. The molecule has 53 heavy (non-hydrogen) atoms. The highest BCUT2D eigenvalue weighted by atomic mass is 19.4. The second-order valence-electron chi connectivity index (χ2n) is 13.5. The first kappa shape index (κ1) is 43.1. The first-order valence-corrected chi connectivity index (χ1v) is 16.8. The van der Waals surface area contributed by atoms with E-state index in [2.05, 4.69) is 5.32 Å². The van der Waals surface area contributed by atoms with Gasteiger partial charge in [-0.1, -0.05) is 19.9 Å². The van der Waals surface area contributed by atoms with Gasteiger partial charge >= 0.3 is 18.3 Å². The fraction of sp³-hybridized carbons (Fsp3) is 0.486. The highest BCUT2D eigenvalue weighted by Gasteiger charge is 2.41. The number of hydrogen-bond acceptors (Lipinski definition) is 5. The number of carbonyl (C=O) groups excluding carboxylic acids is 2. The minimum Gasteiger partial charge on any atom is -0.466 e. The Kier molecular flexibility index (Phi) is 14.0. The molecular formula is C37H42F9N3O4. The zero-order valence-corrected chi connectivity index (χ0v) is 30.3. The van der Waals surface area contributed by atoms with E-state index in [1.807, 2.05) is 0 Å². The van der Waals surface area contributed by atoms with Gasteiger partial charge in [0.05, 0.1) is 30.2 Å². The number of hydrogen-bond donors (Lipinski definition) is 1. The number of benzene rings is 2. The van der Waals surface area contributed by atoms with Crippen molar-refractivity contribution in [1.29, 1.82) is 0 Å². The minimum atomic E-state index is -5.47. The minimum absolute atomic E-state index is 0.00174. The molecule has 0 fully saturated rings. The number of esters is 1. The van der Waals surface area contributed by atoms with Gasteiger partial charge in [0.1, 0.15) is 23.5 Å². The molecule has 0 spiro atoms. The Balaban J connectivity index is 2.31. The van der Waals surface area contributed by atoms with Crippen LogP contribution in [0.25, 0.3) is 11.1 Å². The molecule has 0 bridgehead atoms. The fourth-order valence-corrected chi connectivity index (χ4v) is 6.17. The summed E-state index contributed by atoms with van der Waals surface area (Å²) in [6.45, 7) is 7.50. The molecule has 7 nitrogen and oxygen atoms in total. The van der Waals surface area contributed by atoms with Crippen LogP contribution in [0, 0.1) is 37.2 Å². The molecule has 1 aromatic heterocycles. The van der Waals surface area contributed by atoms with Crippen LogP contribution >= 0.6 is 0 Å². The number of nitrogens with zero attached hydrogens (tertiary/aromatic N) is 2. The lowest BCUT2D eigenvalue weighted by Gasteiger charge is -2.28. The van der Waals surface area contributed by atoms with Gasteiger partial charge in [-0.05, 0) is 95.4 Å². The summed E-state index contributed by atoms with van der Waals surface area (Å²) in [6.07, 6.45) is -10.8.